The molecule has 0 bridgehead atoms. The fraction of sp³-hybridized carbons (Fsp3) is 0.278. The molecule has 0 amide bonds. The molecule has 0 aliphatic rings. The second-order valence-electron chi connectivity index (χ2n) is 4.78. The molecule has 0 heterocycles. The van der Waals surface area contributed by atoms with E-state index >= 15 is 0 Å². The van der Waals surface area contributed by atoms with Gasteiger partial charge in [0.25, 0.3) is 0 Å². The molecular weight excluding hydrogens is 230 g/mol. The van der Waals surface area contributed by atoms with Crippen LogP contribution in [-0.2, 0) is 0 Å². The van der Waals surface area contributed by atoms with Crippen molar-refractivity contribution >= 4 is 5.71 Å². The Morgan fingerprint density at radius 3 is 2.11 bits per heavy atom. The maximum atomic E-state index is 4.92. The fourth-order valence-corrected chi connectivity index (χ4v) is 2.19. The highest BCUT2D eigenvalue weighted by atomic mass is 14.8. The molecule has 0 spiro atoms. The van der Waals surface area contributed by atoms with Crippen LogP contribution in [0.25, 0.3) is 0 Å². The summed E-state index contributed by atoms with van der Waals surface area (Å²) >= 11 is 0. The molecule has 0 unspecified atom stereocenters. The van der Waals surface area contributed by atoms with E-state index in [0.29, 0.717) is 0 Å². The van der Waals surface area contributed by atoms with Crippen molar-refractivity contribution in [2.75, 3.05) is 0 Å². The van der Waals surface area contributed by atoms with Gasteiger partial charge in [0, 0.05) is 5.71 Å². The maximum absolute atomic E-state index is 4.92. The molecule has 2 rings (SSSR count). The van der Waals surface area contributed by atoms with Gasteiger partial charge >= 0.3 is 0 Å². The van der Waals surface area contributed by atoms with Crippen LogP contribution in [0.5, 0.6) is 0 Å². The zero-order valence-corrected chi connectivity index (χ0v) is 11.7. The van der Waals surface area contributed by atoms with Crippen molar-refractivity contribution in [2.24, 2.45) is 4.99 Å². The van der Waals surface area contributed by atoms with E-state index in [1.54, 1.807) is 0 Å². The molecule has 0 radical (unpaired) electrons. The highest BCUT2D eigenvalue weighted by Crippen LogP contribution is 2.19. The molecule has 0 N–H and O–H groups in total. The van der Waals surface area contributed by atoms with Crippen LogP contribution < -0.4 is 0 Å². The van der Waals surface area contributed by atoms with E-state index in [-0.39, 0.29) is 6.04 Å². The molecule has 0 fully saturated rings. The predicted molar refractivity (Wildman–Crippen MR) is 82.7 cm³/mol. The summed E-state index contributed by atoms with van der Waals surface area (Å²) in [5.41, 5.74) is 3.72. The van der Waals surface area contributed by atoms with Crippen molar-refractivity contribution in [1.29, 1.82) is 0 Å². The van der Waals surface area contributed by atoms with Gasteiger partial charge in [-0.15, -0.1) is 0 Å². The minimum atomic E-state index is 0.211. The third kappa shape index (κ3) is 3.78. The van der Waals surface area contributed by atoms with Crippen molar-refractivity contribution in [2.45, 2.75) is 32.7 Å². The molecule has 0 saturated heterocycles. The van der Waals surface area contributed by atoms with E-state index in [4.69, 9.17) is 4.99 Å². The van der Waals surface area contributed by atoms with Crippen LogP contribution in [0.4, 0.5) is 0 Å². The van der Waals surface area contributed by atoms with Crippen LogP contribution in [0.2, 0.25) is 0 Å². The van der Waals surface area contributed by atoms with E-state index in [1.165, 1.54) is 16.8 Å². The fourth-order valence-electron chi connectivity index (χ4n) is 2.19. The Bertz CT molecular complexity index is 514. The number of rotatable bonds is 5. The van der Waals surface area contributed by atoms with Gasteiger partial charge in [0.15, 0.2) is 0 Å². The normalized spacial score (nSPS) is 13.3. The molecule has 0 aliphatic heterocycles. The van der Waals surface area contributed by atoms with Gasteiger partial charge < -0.3 is 0 Å². The van der Waals surface area contributed by atoms with Gasteiger partial charge in [-0.2, -0.15) is 0 Å². The summed E-state index contributed by atoms with van der Waals surface area (Å²) in [4.78, 5) is 4.92. The average Bonchev–Trinajstić information content (AvgIpc) is 2.48. The number of benzene rings is 2. The smallest absolute Gasteiger partial charge is 0.0724 e. The van der Waals surface area contributed by atoms with E-state index in [9.17, 15) is 0 Å². The molecule has 98 valence electrons. The molecular formula is C18H21N. The Morgan fingerprint density at radius 2 is 1.53 bits per heavy atom. The number of nitrogens with zero attached hydrogens (tertiary/aromatic N) is 1. The first-order valence-corrected chi connectivity index (χ1v) is 6.98. The molecule has 0 aromatic heterocycles. The summed E-state index contributed by atoms with van der Waals surface area (Å²) < 4.78 is 0. The standard InChI is InChI=1S/C18H21N/c1-3-10-18(17-13-8-5-9-14-17)19-15(2)16-11-6-4-7-12-16/h4-9,11-15H,3,10H2,1-2H3/t15-/m1/s1. The summed E-state index contributed by atoms with van der Waals surface area (Å²) in [6.45, 7) is 4.36. The molecule has 0 aliphatic carbocycles. The molecule has 0 saturated carbocycles. The molecule has 1 heteroatoms. The van der Waals surface area contributed by atoms with E-state index in [0.717, 1.165) is 12.8 Å². The Hall–Kier alpha value is -1.89. The SMILES string of the molecule is CCCC(=N[C@H](C)c1ccccc1)c1ccccc1. The lowest BCUT2D eigenvalue weighted by Crippen LogP contribution is -2.03. The lowest BCUT2D eigenvalue weighted by atomic mass is 10.0. The summed E-state index contributed by atoms with van der Waals surface area (Å²) in [5.74, 6) is 0. The summed E-state index contributed by atoms with van der Waals surface area (Å²) in [6.07, 6.45) is 2.15. The van der Waals surface area contributed by atoms with Crippen LogP contribution in [0, 0.1) is 0 Å². The van der Waals surface area contributed by atoms with Gasteiger partial charge in [0.1, 0.15) is 0 Å². The Kier molecular flexibility index (Phi) is 4.91. The van der Waals surface area contributed by atoms with Crippen molar-refractivity contribution in [3.8, 4) is 0 Å². The van der Waals surface area contributed by atoms with E-state index in [1.807, 2.05) is 12.1 Å². The zero-order valence-electron chi connectivity index (χ0n) is 11.7. The monoisotopic (exact) mass is 251 g/mol. The van der Waals surface area contributed by atoms with Gasteiger partial charge in [-0.05, 0) is 24.5 Å². The maximum Gasteiger partial charge on any atom is 0.0724 e. The van der Waals surface area contributed by atoms with Crippen LogP contribution in [-0.4, -0.2) is 5.71 Å². The number of hydrogen-bond acceptors (Lipinski definition) is 1. The predicted octanol–water partition coefficient (Wildman–Crippen LogP) is 5.04. The van der Waals surface area contributed by atoms with Gasteiger partial charge in [-0.1, -0.05) is 74.0 Å². The lowest BCUT2D eigenvalue weighted by Gasteiger charge is -2.11. The second kappa shape index (κ2) is 6.89. The molecule has 1 atom stereocenters. The molecule has 19 heavy (non-hydrogen) atoms. The van der Waals surface area contributed by atoms with Crippen molar-refractivity contribution < 1.29 is 0 Å². The zero-order chi connectivity index (χ0) is 13.5. The van der Waals surface area contributed by atoms with E-state index < -0.39 is 0 Å². The number of aliphatic imine (C=N–C) groups is 1. The minimum Gasteiger partial charge on any atom is -0.281 e. The first-order valence-electron chi connectivity index (χ1n) is 6.98. The van der Waals surface area contributed by atoms with Crippen LogP contribution in [0.1, 0.15) is 43.9 Å². The van der Waals surface area contributed by atoms with Crippen molar-refractivity contribution in [3.05, 3.63) is 71.8 Å². The van der Waals surface area contributed by atoms with Gasteiger partial charge in [-0.3, -0.25) is 4.99 Å². The van der Waals surface area contributed by atoms with E-state index in [2.05, 4.69) is 62.4 Å². The lowest BCUT2D eigenvalue weighted by molar-refractivity contribution is 0.810. The van der Waals surface area contributed by atoms with Gasteiger partial charge in [0.05, 0.1) is 6.04 Å². The highest BCUT2D eigenvalue weighted by Gasteiger charge is 2.07. The molecule has 1 nitrogen and oxygen atoms in total. The molecule has 2 aromatic rings. The third-order valence-corrected chi connectivity index (χ3v) is 3.23. The van der Waals surface area contributed by atoms with Crippen molar-refractivity contribution in [1.82, 2.24) is 0 Å². The highest BCUT2D eigenvalue weighted by molar-refractivity contribution is 6.00. The minimum absolute atomic E-state index is 0.211. The average molecular weight is 251 g/mol. The first kappa shape index (κ1) is 13.5. The topological polar surface area (TPSA) is 12.4 Å². The number of hydrogen-bond donors (Lipinski definition) is 0. The third-order valence-electron chi connectivity index (χ3n) is 3.23. The first-order chi connectivity index (χ1) is 9.31. The largest absolute Gasteiger partial charge is 0.281 e. The van der Waals surface area contributed by atoms with Crippen LogP contribution >= 0.6 is 0 Å². The summed E-state index contributed by atoms with van der Waals surface area (Å²) in [5, 5.41) is 0. The summed E-state index contributed by atoms with van der Waals surface area (Å²) in [6, 6.07) is 21.2. The van der Waals surface area contributed by atoms with Crippen molar-refractivity contribution in [3.63, 3.8) is 0 Å². The van der Waals surface area contributed by atoms with Gasteiger partial charge in [0.2, 0.25) is 0 Å². The quantitative estimate of drug-likeness (QED) is 0.660. The second-order valence-corrected chi connectivity index (χ2v) is 4.78. The van der Waals surface area contributed by atoms with Gasteiger partial charge in [-0.25, -0.2) is 0 Å². The Labute approximate surface area is 116 Å². The van der Waals surface area contributed by atoms with Crippen LogP contribution in [0.15, 0.2) is 65.7 Å². The summed E-state index contributed by atoms with van der Waals surface area (Å²) in [7, 11) is 0. The Morgan fingerprint density at radius 1 is 0.947 bits per heavy atom. The van der Waals surface area contributed by atoms with Crippen LogP contribution in [0.3, 0.4) is 0 Å². The molecule has 2 aromatic carbocycles. The Balaban J connectivity index is 2.26.